The fourth-order valence-corrected chi connectivity index (χ4v) is 2.27. The smallest absolute Gasteiger partial charge is 0.269 e. The maximum Gasteiger partial charge on any atom is 0.269 e. The summed E-state index contributed by atoms with van der Waals surface area (Å²) in [5, 5.41) is 14.3. The number of rotatable bonds is 7. The largest absolute Gasteiger partial charge is 0.308 e. The first kappa shape index (κ1) is 15.6. The van der Waals surface area contributed by atoms with E-state index in [1.54, 1.807) is 12.1 Å². The molecule has 0 aromatic heterocycles. The second-order valence-corrected chi connectivity index (χ2v) is 5.39. The quantitative estimate of drug-likeness (QED) is 0.596. The van der Waals surface area contributed by atoms with Gasteiger partial charge in [-0.3, -0.25) is 10.1 Å². The topological polar surface area (TPSA) is 55.2 Å². The summed E-state index contributed by atoms with van der Waals surface area (Å²) < 4.78 is 0. The van der Waals surface area contributed by atoms with Gasteiger partial charge in [0.1, 0.15) is 0 Å². The number of nitrogens with zero attached hydrogens (tertiary/aromatic N) is 1. The lowest BCUT2D eigenvalue weighted by molar-refractivity contribution is -0.384. The number of non-ortho nitro benzene ring substituents is 1. The van der Waals surface area contributed by atoms with Crippen LogP contribution in [0.25, 0.3) is 0 Å². The molecular formula is C15H24N2O2. The van der Waals surface area contributed by atoms with E-state index in [0.29, 0.717) is 12.0 Å². The molecule has 0 amide bonds. The van der Waals surface area contributed by atoms with Crippen molar-refractivity contribution in [3.63, 3.8) is 0 Å². The first-order valence-corrected chi connectivity index (χ1v) is 6.94. The van der Waals surface area contributed by atoms with Crippen molar-refractivity contribution in [1.29, 1.82) is 0 Å². The third-order valence-electron chi connectivity index (χ3n) is 3.57. The van der Waals surface area contributed by atoms with Crippen LogP contribution in [0.1, 0.15) is 52.1 Å². The van der Waals surface area contributed by atoms with E-state index in [-0.39, 0.29) is 16.7 Å². The lowest BCUT2D eigenvalue weighted by Crippen LogP contribution is -2.30. The number of benzene rings is 1. The molecule has 1 N–H and O–H groups in total. The van der Waals surface area contributed by atoms with E-state index in [2.05, 4.69) is 26.1 Å². The average Bonchev–Trinajstić information content (AvgIpc) is 2.38. The molecule has 4 nitrogen and oxygen atoms in total. The van der Waals surface area contributed by atoms with Crippen LogP contribution in [-0.2, 0) is 0 Å². The first-order chi connectivity index (χ1) is 8.93. The average molecular weight is 264 g/mol. The second kappa shape index (κ2) is 7.24. The maximum atomic E-state index is 10.8. The zero-order chi connectivity index (χ0) is 14.4. The van der Waals surface area contributed by atoms with Gasteiger partial charge in [0.25, 0.3) is 5.69 Å². The van der Waals surface area contributed by atoms with E-state index >= 15 is 0 Å². The van der Waals surface area contributed by atoms with Crippen LogP contribution >= 0.6 is 0 Å². The van der Waals surface area contributed by atoms with E-state index in [4.69, 9.17) is 0 Å². The fraction of sp³-hybridized carbons (Fsp3) is 0.600. The Morgan fingerprint density at radius 1 is 1.32 bits per heavy atom. The second-order valence-electron chi connectivity index (χ2n) is 5.39. The Morgan fingerprint density at radius 3 is 2.58 bits per heavy atom. The van der Waals surface area contributed by atoms with Crippen molar-refractivity contribution in [3.8, 4) is 0 Å². The van der Waals surface area contributed by atoms with Gasteiger partial charge < -0.3 is 5.32 Å². The minimum absolute atomic E-state index is 0.124. The van der Waals surface area contributed by atoms with Crippen LogP contribution in [0.15, 0.2) is 24.3 Å². The molecular weight excluding hydrogens is 240 g/mol. The molecule has 1 rings (SSSR count). The molecule has 1 aromatic carbocycles. The molecule has 0 heterocycles. The van der Waals surface area contributed by atoms with Gasteiger partial charge in [-0.05, 0) is 31.7 Å². The van der Waals surface area contributed by atoms with Crippen molar-refractivity contribution in [2.75, 3.05) is 0 Å². The van der Waals surface area contributed by atoms with Gasteiger partial charge >= 0.3 is 0 Å². The van der Waals surface area contributed by atoms with Crippen LogP contribution in [0.2, 0.25) is 0 Å². The van der Waals surface area contributed by atoms with Crippen molar-refractivity contribution < 1.29 is 4.92 Å². The Morgan fingerprint density at radius 2 is 2.00 bits per heavy atom. The fourth-order valence-electron chi connectivity index (χ4n) is 2.27. The molecule has 0 aliphatic rings. The van der Waals surface area contributed by atoms with Gasteiger partial charge in [0.05, 0.1) is 4.92 Å². The zero-order valence-electron chi connectivity index (χ0n) is 12.2. The van der Waals surface area contributed by atoms with Gasteiger partial charge in [0, 0.05) is 24.2 Å². The monoisotopic (exact) mass is 264 g/mol. The number of nitro benzene ring substituents is 1. The van der Waals surface area contributed by atoms with E-state index in [1.165, 1.54) is 12.5 Å². The maximum absolute atomic E-state index is 10.8. The van der Waals surface area contributed by atoms with Crippen molar-refractivity contribution in [3.05, 3.63) is 39.9 Å². The molecule has 3 unspecified atom stereocenters. The van der Waals surface area contributed by atoms with Gasteiger partial charge in [0.2, 0.25) is 0 Å². The SMILES string of the molecule is CCC(C)CC(C)NC(C)c1cccc([N+](=O)[O-])c1. The van der Waals surface area contributed by atoms with Crippen LogP contribution in [0, 0.1) is 16.0 Å². The first-order valence-electron chi connectivity index (χ1n) is 6.94. The highest BCUT2D eigenvalue weighted by Gasteiger charge is 2.14. The minimum atomic E-state index is -0.348. The highest BCUT2D eigenvalue weighted by atomic mass is 16.6. The van der Waals surface area contributed by atoms with E-state index < -0.39 is 0 Å². The van der Waals surface area contributed by atoms with Crippen LogP contribution in [0.4, 0.5) is 5.69 Å². The molecule has 0 fully saturated rings. The van der Waals surface area contributed by atoms with Crippen LogP contribution in [-0.4, -0.2) is 11.0 Å². The molecule has 0 saturated carbocycles. The molecule has 0 aliphatic heterocycles. The van der Waals surface area contributed by atoms with Crippen molar-refractivity contribution >= 4 is 5.69 Å². The summed E-state index contributed by atoms with van der Waals surface area (Å²) in [6.07, 6.45) is 2.30. The van der Waals surface area contributed by atoms with Gasteiger partial charge in [-0.15, -0.1) is 0 Å². The van der Waals surface area contributed by atoms with Gasteiger partial charge in [-0.2, -0.15) is 0 Å². The number of hydrogen-bond donors (Lipinski definition) is 1. The normalized spacial score (nSPS) is 15.8. The van der Waals surface area contributed by atoms with Crippen molar-refractivity contribution in [1.82, 2.24) is 5.32 Å². The number of nitrogens with one attached hydrogen (secondary N) is 1. The van der Waals surface area contributed by atoms with Crippen LogP contribution in [0.5, 0.6) is 0 Å². The molecule has 0 aliphatic carbocycles. The van der Waals surface area contributed by atoms with E-state index in [9.17, 15) is 10.1 Å². The van der Waals surface area contributed by atoms with Gasteiger partial charge in [-0.1, -0.05) is 32.4 Å². The van der Waals surface area contributed by atoms with E-state index in [0.717, 1.165) is 12.0 Å². The highest BCUT2D eigenvalue weighted by Crippen LogP contribution is 2.20. The summed E-state index contributed by atoms with van der Waals surface area (Å²) in [4.78, 5) is 10.4. The summed E-state index contributed by atoms with van der Waals surface area (Å²) in [6, 6.07) is 7.38. The Balaban J connectivity index is 2.64. The Kier molecular flexibility index (Phi) is 5.96. The molecule has 19 heavy (non-hydrogen) atoms. The third-order valence-corrected chi connectivity index (χ3v) is 3.57. The lowest BCUT2D eigenvalue weighted by atomic mass is 9.99. The van der Waals surface area contributed by atoms with E-state index in [1.807, 2.05) is 13.0 Å². The Hall–Kier alpha value is -1.42. The summed E-state index contributed by atoms with van der Waals surface area (Å²) in [5.74, 6) is 0.694. The van der Waals surface area contributed by atoms with Gasteiger partial charge in [-0.25, -0.2) is 0 Å². The molecule has 0 saturated heterocycles. The summed E-state index contributed by atoms with van der Waals surface area (Å²) >= 11 is 0. The lowest BCUT2D eigenvalue weighted by Gasteiger charge is -2.22. The van der Waals surface area contributed by atoms with Crippen molar-refractivity contribution in [2.45, 2.75) is 52.6 Å². The molecule has 0 bridgehead atoms. The van der Waals surface area contributed by atoms with Crippen LogP contribution in [0.3, 0.4) is 0 Å². The number of hydrogen-bond acceptors (Lipinski definition) is 3. The molecule has 0 radical (unpaired) electrons. The molecule has 0 spiro atoms. The Labute approximate surface area is 115 Å². The standard InChI is InChI=1S/C15H24N2O2/c1-5-11(2)9-12(3)16-13(4)14-7-6-8-15(10-14)17(18)19/h6-8,10-13,16H,5,9H2,1-4H3. The Bertz CT molecular complexity index is 420. The van der Waals surface area contributed by atoms with Crippen LogP contribution < -0.4 is 5.32 Å². The summed E-state index contributed by atoms with van der Waals surface area (Å²) in [7, 11) is 0. The molecule has 3 atom stereocenters. The zero-order valence-corrected chi connectivity index (χ0v) is 12.2. The van der Waals surface area contributed by atoms with Crippen molar-refractivity contribution in [2.24, 2.45) is 5.92 Å². The predicted octanol–water partition coefficient (Wildman–Crippen LogP) is 4.07. The molecule has 106 valence electrons. The predicted molar refractivity (Wildman–Crippen MR) is 78.2 cm³/mol. The summed E-state index contributed by atoms with van der Waals surface area (Å²) in [5.41, 5.74) is 1.12. The molecule has 4 heteroatoms. The highest BCUT2D eigenvalue weighted by molar-refractivity contribution is 5.35. The number of nitro groups is 1. The van der Waals surface area contributed by atoms with Gasteiger partial charge in [0.15, 0.2) is 0 Å². The molecule has 1 aromatic rings. The third kappa shape index (κ3) is 4.99. The minimum Gasteiger partial charge on any atom is -0.308 e. The summed E-state index contributed by atoms with van der Waals surface area (Å²) in [6.45, 7) is 8.66.